The van der Waals surface area contributed by atoms with E-state index in [1.165, 1.54) is 11.5 Å². The maximum atomic E-state index is 6.32. The number of hydrogen-bond acceptors (Lipinski definition) is 5. The molecule has 0 saturated carbocycles. The highest BCUT2D eigenvalue weighted by molar-refractivity contribution is 7.05. The van der Waals surface area contributed by atoms with Crippen LogP contribution in [0.2, 0.25) is 0 Å². The van der Waals surface area contributed by atoms with Crippen LogP contribution in [0, 0.1) is 6.92 Å². The number of para-hydroxylation sites is 1. The number of pyridine rings is 1. The van der Waals surface area contributed by atoms with Crippen molar-refractivity contribution in [2.45, 2.75) is 13.0 Å². The van der Waals surface area contributed by atoms with Crippen molar-refractivity contribution in [1.82, 2.24) is 14.6 Å². The predicted molar refractivity (Wildman–Crippen MR) is 72.4 cm³/mol. The Morgan fingerprint density at radius 1 is 1.22 bits per heavy atom. The summed E-state index contributed by atoms with van der Waals surface area (Å²) in [5.74, 6) is 0. The van der Waals surface area contributed by atoms with Crippen molar-refractivity contribution >= 4 is 22.4 Å². The van der Waals surface area contributed by atoms with E-state index in [0.29, 0.717) is 0 Å². The first-order valence-electron chi connectivity index (χ1n) is 5.65. The summed E-state index contributed by atoms with van der Waals surface area (Å²) in [5.41, 5.74) is 9.17. The first-order valence-corrected chi connectivity index (χ1v) is 6.43. The number of aryl methyl sites for hydroxylation is 1. The molecule has 0 spiro atoms. The Labute approximate surface area is 109 Å². The lowest BCUT2D eigenvalue weighted by molar-refractivity contribution is 0.879. The summed E-state index contributed by atoms with van der Waals surface area (Å²) in [7, 11) is 0. The Bertz CT molecular complexity index is 687. The van der Waals surface area contributed by atoms with Gasteiger partial charge in [0.15, 0.2) is 0 Å². The molecule has 0 fully saturated rings. The minimum Gasteiger partial charge on any atom is -0.319 e. The van der Waals surface area contributed by atoms with Gasteiger partial charge in [0.2, 0.25) is 0 Å². The van der Waals surface area contributed by atoms with Crippen LogP contribution in [-0.4, -0.2) is 14.6 Å². The highest BCUT2D eigenvalue weighted by Crippen LogP contribution is 2.28. The highest BCUT2D eigenvalue weighted by Gasteiger charge is 2.17. The van der Waals surface area contributed by atoms with E-state index in [-0.39, 0.29) is 6.04 Å². The van der Waals surface area contributed by atoms with Gasteiger partial charge in [0, 0.05) is 17.1 Å². The highest BCUT2D eigenvalue weighted by atomic mass is 32.1. The van der Waals surface area contributed by atoms with Gasteiger partial charge in [-0.1, -0.05) is 28.8 Å². The zero-order chi connectivity index (χ0) is 12.5. The van der Waals surface area contributed by atoms with Gasteiger partial charge in [0.25, 0.3) is 0 Å². The molecule has 3 rings (SSSR count). The van der Waals surface area contributed by atoms with E-state index in [1.807, 2.05) is 37.3 Å². The molecule has 1 aromatic carbocycles. The zero-order valence-electron chi connectivity index (χ0n) is 9.87. The van der Waals surface area contributed by atoms with Gasteiger partial charge in [0.1, 0.15) is 0 Å². The minimum atomic E-state index is -0.219. The van der Waals surface area contributed by atoms with Crippen LogP contribution in [0.15, 0.2) is 36.5 Å². The summed E-state index contributed by atoms with van der Waals surface area (Å²) in [4.78, 5) is 5.42. The molecule has 0 aliphatic carbocycles. The molecule has 90 valence electrons. The summed E-state index contributed by atoms with van der Waals surface area (Å²) >= 11 is 1.35. The van der Waals surface area contributed by atoms with E-state index in [4.69, 9.17) is 5.73 Å². The average Bonchev–Trinajstić information content (AvgIpc) is 2.83. The van der Waals surface area contributed by atoms with Crippen molar-refractivity contribution in [1.29, 1.82) is 0 Å². The van der Waals surface area contributed by atoms with Crippen molar-refractivity contribution in [3.63, 3.8) is 0 Å². The molecule has 0 aliphatic rings. The van der Waals surface area contributed by atoms with E-state index in [1.54, 1.807) is 6.20 Å². The van der Waals surface area contributed by atoms with Gasteiger partial charge in [-0.15, -0.1) is 5.10 Å². The number of aromatic nitrogens is 3. The van der Waals surface area contributed by atoms with Gasteiger partial charge < -0.3 is 5.73 Å². The molecule has 2 heterocycles. The van der Waals surface area contributed by atoms with Gasteiger partial charge >= 0.3 is 0 Å². The zero-order valence-corrected chi connectivity index (χ0v) is 10.7. The summed E-state index contributed by atoms with van der Waals surface area (Å²) in [6, 6.07) is 9.80. The summed E-state index contributed by atoms with van der Waals surface area (Å²) in [5, 5.41) is 5.11. The van der Waals surface area contributed by atoms with Crippen LogP contribution in [0.1, 0.15) is 22.2 Å². The topological polar surface area (TPSA) is 64.7 Å². The van der Waals surface area contributed by atoms with Crippen molar-refractivity contribution in [2.75, 3.05) is 0 Å². The number of nitrogens with two attached hydrogens (primary N) is 1. The summed E-state index contributed by atoms with van der Waals surface area (Å²) < 4.78 is 3.94. The van der Waals surface area contributed by atoms with E-state index < -0.39 is 0 Å². The number of nitrogens with zero attached hydrogens (tertiary/aromatic N) is 3. The van der Waals surface area contributed by atoms with Crippen LogP contribution < -0.4 is 5.73 Å². The van der Waals surface area contributed by atoms with Gasteiger partial charge in [0.05, 0.1) is 22.1 Å². The normalized spacial score (nSPS) is 12.8. The number of fused-ring (bicyclic) bond motifs is 1. The third-order valence-electron chi connectivity index (χ3n) is 2.97. The first-order chi connectivity index (χ1) is 8.77. The molecule has 5 heteroatoms. The molecule has 0 aliphatic heterocycles. The fraction of sp³-hybridized carbons (Fsp3) is 0.154. The smallest absolute Gasteiger partial charge is 0.0776 e. The lowest BCUT2D eigenvalue weighted by Crippen LogP contribution is -2.12. The fourth-order valence-corrected chi connectivity index (χ4v) is 2.71. The van der Waals surface area contributed by atoms with Crippen LogP contribution in [-0.2, 0) is 0 Å². The standard InChI is InChI=1S/C13H12N4S/c1-8-13(18-17-16-8)11(14)10-6-2-4-9-5-3-7-15-12(9)10/h2-7,11H,14H2,1H3. The molecule has 2 N–H and O–H groups in total. The van der Waals surface area contributed by atoms with Crippen LogP contribution in [0.3, 0.4) is 0 Å². The molecule has 4 nitrogen and oxygen atoms in total. The first kappa shape index (κ1) is 11.3. The minimum absolute atomic E-state index is 0.219. The van der Waals surface area contributed by atoms with Crippen LogP contribution in [0.4, 0.5) is 0 Å². The number of hydrogen-bond donors (Lipinski definition) is 1. The number of rotatable bonds is 2. The second-order valence-electron chi connectivity index (χ2n) is 4.12. The Morgan fingerprint density at radius 2 is 2.06 bits per heavy atom. The molecule has 3 aromatic rings. The number of benzene rings is 1. The lowest BCUT2D eigenvalue weighted by Gasteiger charge is -2.12. The summed E-state index contributed by atoms with van der Waals surface area (Å²) in [6.45, 7) is 1.93. The average molecular weight is 256 g/mol. The van der Waals surface area contributed by atoms with Crippen LogP contribution >= 0.6 is 11.5 Å². The van der Waals surface area contributed by atoms with Crippen molar-refractivity contribution in [3.8, 4) is 0 Å². The maximum absolute atomic E-state index is 6.32. The Hall–Kier alpha value is -1.85. The fourth-order valence-electron chi connectivity index (χ4n) is 2.04. The largest absolute Gasteiger partial charge is 0.319 e. The maximum Gasteiger partial charge on any atom is 0.0776 e. The van der Waals surface area contributed by atoms with Crippen molar-refractivity contribution < 1.29 is 0 Å². The molecule has 0 bridgehead atoms. The quantitative estimate of drug-likeness (QED) is 0.765. The second-order valence-corrected chi connectivity index (χ2v) is 4.91. The Kier molecular flexibility index (Phi) is 2.77. The van der Waals surface area contributed by atoms with Crippen molar-refractivity contribution in [2.24, 2.45) is 5.73 Å². The SMILES string of the molecule is Cc1nnsc1C(N)c1cccc2cccnc12. The van der Waals surface area contributed by atoms with Crippen LogP contribution in [0.25, 0.3) is 10.9 Å². The van der Waals surface area contributed by atoms with Crippen molar-refractivity contribution in [3.05, 3.63) is 52.7 Å². The second kappa shape index (κ2) is 4.44. The molecule has 1 unspecified atom stereocenters. The van der Waals surface area contributed by atoms with E-state index >= 15 is 0 Å². The monoisotopic (exact) mass is 256 g/mol. The molecule has 18 heavy (non-hydrogen) atoms. The van der Waals surface area contributed by atoms with Gasteiger partial charge in [-0.05, 0) is 24.5 Å². The molecular weight excluding hydrogens is 244 g/mol. The third-order valence-corrected chi connectivity index (χ3v) is 3.88. The predicted octanol–water partition coefficient (Wildman–Crippen LogP) is 2.44. The molecule has 0 amide bonds. The lowest BCUT2D eigenvalue weighted by atomic mass is 10.0. The molecule has 2 aromatic heterocycles. The van der Waals surface area contributed by atoms with E-state index in [0.717, 1.165) is 27.0 Å². The Morgan fingerprint density at radius 3 is 2.83 bits per heavy atom. The molecule has 1 atom stereocenters. The van der Waals surface area contributed by atoms with Crippen LogP contribution in [0.5, 0.6) is 0 Å². The molecular formula is C13H12N4S. The van der Waals surface area contributed by atoms with Gasteiger partial charge in [-0.3, -0.25) is 4.98 Å². The third kappa shape index (κ3) is 1.77. The van der Waals surface area contributed by atoms with Gasteiger partial charge in [-0.2, -0.15) is 0 Å². The molecule has 0 radical (unpaired) electrons. The summed E-state index contributed by atoms with van der Waals surface area (Å²) in [6.07, 6.45) is 1.79. The Balaban J connectivity index is 2.18. The molecule has 0 saturated heterocycles. The van der Waals surface area contributed by atoms with Gasteiger partial charge in [-0.25, -0.2) is 0 Å². The van der Waals surface area contributed by atoms with E-state index in [9.17, 15) is 0 Å². The van der Waals surface area contributed by atoms with E-state index in [2.05, 4.69) is 14.6 Å².